The molecule has 20 heavy (non-hydrogen) atoms. The van der Waals surface area contributed by atoms with E-state index in [2.05, 4.69) is 4.90 Å². The van der Waals surface area contributed by atoms with Crippen molar-refractivity contribution in [3.05, 3.63) is 34.9 Å². The van der Waals surface area contributed by atoms with E-state index < -0.39 is 5.97 Å². The van der Waals surface area contributed by atoms with Crippen LogP contribution in [0.5, 0.6) is 0 Å². The summed E-state index contributed by atoms with van der Waals surface area (Å²) in [5.74, 6) is -0.106. The molecule has 3 atom stereocenters. The fraction of sp³-hybridized carbons (Fsp3) is 0.562. The molecule has 1 aliphatic carbocycles. The van der Waals surface area contributed by atoms with Crippen LogP contribution in [0.25, 0.3) is 0 Å². The Kier molecular flexibility index (Phi) is 3.99. The molecule has 1 saturated carbocycles. The Balaban J connectivity index is 1.80. The lowest BCUT2D eigenvalue weighted by Gasteiger charge is -2.33. The molecule has 1 N–H and O–H groups in total. The van der Waals surface area contributed by atoms with Crippen molar-refractivity contribution < 1.29 is 9.90 Å². The molecule has 1 heterocycles. The van der Waals surface area contributed by atoms with Gasteiger partial charge in [0.25, 0.3) is 0 Å². The number of halogens is 1. The maximum Gasteiger partial charge on any atom is 0.320 e. The van der Waals surface area contributed by atoms with Gasteiger partial charge in [-0.2, -0.15) is 0 Å². The lowest BCUT2D eigenvalue weighted by atomic mass is 9.84. The van der Waals surface area contributed by atoms with E-state index in [4.69, 9.17) is 11.6 Å². The topological polar surface area (TPSA) is 40.5 Å². The van der Waals surface area contributed by atoms with Crippen LogP contribution in [0.2, 0.25) is 5.02 Å². The fourth-order valence-electron chi connectivity index (χ4n) is 3.82. The van der Waals surface area contributed by atoms with E-state index in [0.717, 1.165) is 30.0 Å². The van der Waals surface area contributed by atoms with Crippen molar-refractivity contribution in [2.24, 2.45) is 5.92 Å². The van der Waals surface area contributed by atoms with Gasteiger partial charge in [-0.25, -0.2) is 0 Å². The van der Waals surface area contributed by atoms with Gasteiger partial charge < -0.3 is 5.11 Å². The SMILES string of the molecule is O=C(O)[C@@H]1C[C@H]2CCCC[C@H]2N1Cc1ccc(Cl)cc1. The quantitative estimate of drug-likeness (QED) is 0.926. The first-order valence-electron chi connectivity index (χ1n) is 7.38. The number of benzene rings is 1. The summed E-state index contributed by atoms with van der Waals surface area (Å²) < 4.78 is 0. The molecular formula is C16H20ClNO2. The highest BCUT2D eigenvalue weighted by Crippen LogP contribution is 2.40. The molecule has 0 spiro atoms. The second kappa shape index (κ2) is 5.74. The molecule has 1 aliphatic heterocycles. The molecule has 0 radical (unpaired) electrons. The summed E-state index contributed by atoms with van der Waals surface area (Å²) in [7, 11) is 0. The van der Waals surface area contributed by atoms with E-state index in [-0.39, 0.29) is 6.04 Å². The number of carbonyl (C=O) groups is 1. The number of rotatable bonds is 3. The van der Waals surface area contributed by atoms with Gasteiger partial charge in [-0.3, -0.25) is 9.69 Å². The molecule has 1 aromatic carbocycles. The largest absolute Gasteiger partial charge is 0.480 e. The van der Waals surface area contributed by atoms with Crippen molar-refractivity contribution >= 4 is 17.6 Å². The summed E-state index contributed by atoms with van der Waals surface area (Å²) in [6.07, 6.45) is 5.62. The molecule has 2 aliphatic rings. The van der Waals surface area contributed by atoms with Gasteiger partial charge in [0, 0.05) is 17.6 Å². The van der Waals surface area contributed by atoms with E-state index in [0.29, 0.717) is 12.0 Å². The zero-order chi connectivity index (χ0) is 14.1. The van der Waals surface area contributed by atoms with Gasteiger partial charge in [-0.15, -0.1) is 0 Å². The molecule has 1 saturated heterocycles. The molecule has 4 heteroatoms. The first-order valence-corrected chi connectivity index (χ1v) is 7.76. The summed E-state index contributed by atoms with van der Waals surface area (Å²) in [5.41, 5.74) is 1.15. The van der Waals surface area contributed by atoms with Crippen molar-refractivity contribution in [1.29, 1.82) is 0 Å². The third-order valence-corrected chi connectivity index (χ3v) is 5.04. The number of hydrogen-bond acceptors (Lipinski definition) is 2. The maximum atomic E-state index is 11.5. The highest BCUT2D eigenvalue weighted by molar-refractivity contribution is 6.30. The van der Waals surface area contributed by atoms with E-state index in [1.165, 1.54) is 19.3 Å². The lowest BCUT2D eigenvalue weighted by Crippen LogP contribution is -2.41. The highest BCUT2D eigenvalue weighted by Gasteiger charge is 2.44. The smallest absolute Gasteiger partial charge is 0.320 e. The molecular weight excluding hydrogens is 274 g/mol. The summed E-state index contributed by atoms with van der Waals surface area (Å²) in [6, 6.07) is 7.87. The van der Waals surface area contributed by atoms with Crippen LogP contribution in [-0.2, 0) is 11.3 Å². The Labute approximate surface area is 124 Å². The number of carboxylic acid groups (broad SMARTS) is 1. The molecule has 0 amide bonds. The minimum absolute atomic E-state index is 0.321. The van der Waals surface area contributed by atoms with Crippen molar-refractivity contribution in [1.82, 2.24) is 4.90 Å². The van der Waals surface area contributed by atoms with Crippen molar-refractivity contribution in [2.45, 2.75) is 50.7 Å². The number of carboxylic acids is 1. The summed E-state index contributed by atoms with van der Waals surface area (Å²) in [4.78, 5) is 13.7. The van der Waals surface area contributed by atoms with Crippen molar-refractivity contribution in [3.8, 4) is 0 Å². The second-order valence-electron chi connectivity index (χ2n) is 6.00. The molecule has 2 fully saturated rings. The van der Waals surface area contributed by atoms with Crippen LogP contribution in [0.4, 0.5) is 0 Å². The Bertz CT molecular complexity index is 488. The van der Waals surface area contributed by atoms with Crippen LogP contribution < -0.4 is 0 Å². The summed E-state index contributed by atoms with van der Waals surface area (Å²) >= 11 is 5.91. The Morgan fingerprint density at radius 2 is 1.95 bits per heavy atom. The van der Waals surface area contributed by atoms with Crippen LogP contribution in [0, 0.1) is 5.92 Å². The first-order chi connectivity index (χ1) is 9.65. The van der Waals surface area contributed by atoms with Gasteiger partial charge in [0.15, 0.2) is 0 Å². The van der Waals surface area contributed by atoms with Gasteiger partial charge >= 0.3 is 5.97 Å². The number of likely N-dealkylation sites (tertiary alicyclic amines) is 1. The van der Waals surface area contributed by atoms with E-state index >= 15 is 0 Å². The molecule has 3 nitrogen and oxygen atoms in total. The van der Waals surface area contributed by atoms with Gasteiger partial charge in [0.05, 0.1) is 0 Å². The minimum Gasteiger partial charge on any atom is -0.480 e. The zero-order valence-corrected chi connectivity index (χ0v) is 12.2. The Hall–Kier alpha value is -1.06. The molecule has 108 valence electrons. The lowest BCUT2D eigenvalue weighted by molar-refractivity contribution is -0.142. The van der Waals surface area contributed by atoms with Crippen molar-refractivity contribution in [3.63, 3.8) is 0 Å². The zero-order valence-electron chi connectivity index (χ0n) is 11.5. The van der Waals surface area contributed by atoms with Gasteiger partial charge in [-0.05, 0) is 42.9 Å². The Morgan fingerprint density at radius 3 is 2.65 bits per heavy atom. The van der Waals surface area contributed by atoms with E-state index in [1.807, 2.05) is 24.3 Å². The normalized spacial score (nSPS) is 30.1. The van der Waals surface area contributed by atoms with Crippen LogP contribution in [0.15, 0.2) is 24.3 Å². The predicted molar refractivity (Wildman–Crippen MR) is 78.8 cm³/mol. The maximum absolute atomic E-state index is 11.5. The average molecular weight is 294 g/mol. The highest BCUT2D eigenvalue weighted by atomic mass is 35.5. The summed E-state index contributed by atoms with van der Waals surface area (Å²) in [6.45, 7) is 0.718. The van der Waals surface area contributed by atoms with Crippen LogP contribution >= 0.6 is 11.6 Å². The second-order valence-corrected chi connectivity index (χ2v) is 6.44. The molecule has 0 aromatic heterocycles. The number of fused-ring (bicyclic) bond motifs is 1. The third-order valence-electron chi connectivity index (χ3n) is 4.78. The number of aliphatic carboxylic acids is 1. The monoisotopic (exact) mass is 293 g/mol. The summed E-state index contributed by atoms with van der Waals surface area (Å²) in [5, 5.41) is 10.2. The van der Waals surface area contributed by atoms with Gasteiger partial charge in [-0.1, -0.05) is 36.6 Å². The standard InChI is InChI=1S/C16H20ClNO2/c17-13-7-5-11(6-8-13)10-18-14-4-2-1-3-12(14)9-15(18)16(19)20/h5-8,12,14-15H,1-4,9-10H2,(H,19,20)/t12-,14-,15+/m1/s1. The Morgan fingerprint density at radius 1 is 1.25 bits per heavy atom. The molecule has 0 unspecified atom stereocenters. The first kappa shape index (κ1) is 13.9. The van der Waals surface area contributed by atoms with Gasteiger partial charge in [0.2, 0.25) is 0 Å². The predicted octanol–water partition coefficient (Wildman–Crippen LogP) is 3.56. The van der Waals surface area contributed by atoms with Crippen LogP contribution in [-0.4, -0.2) is 28.1 Å². The third kappa shape index (κ3) is 2.70. The van der Waals surface area contributed by atoms with Crippen LogP contribution in [0.3, 0.4) is 0 Å². The average Bonchev–Trinajstić information content (AvgIpc) is 2.81. The number of hydrogen-bond donors (Lipinski definition) is 1. The van der Waals surface area contributed by atoms with Crippen LogP contribution in [0.1, 0.15) is 37.7 Å². The minimum atomic E-state index is -0.673. The van der Waals surface area contributed by atoms with Crippen molar-refractivity contribution in [2.75, 3.05) is 0 Å². The molecule has 0 bridgehead atoms. The van der Waals surface area contributed by atoms with E-state index in [1.54, 1.807) is 0 Å². The molecule has 3 rings (SSSR count). The molecule has 1 aromatic rings. The fourth-order valence-corrected chi connectivity index (χ4v) is 3.95. The van der Waals surface area contributed by atoms with E-state index in [9.17, 15) is 9.90 Å². The van der Waals surface area contributed by atoms with Gasteiger partial charge in [0.1, 0.15) is 6.04 Å². The number of nitrogens with zero attached hydrogens (tertiary/aromatic N) is 1.